The number of rotatable bonds is 5. The van der Waals surface area contributed by atoms with Crippen LogP contribution in [0.15, 0.2) is 0 Å². The number of hydrogen-bond donors (Lipinski definition) is 1. The van der Waals surface area contributed by atoms with E-state index < -0.39 is 0 Å². The van der Waals surface area contributed by atoms with Gasteiger partial charge in [0.1, 0.15) is 0 Å². The van der Waals surface area contributed by atoms with Gasteiger partial charge in [0.15, 0.2) is 0 Å². The lowest BCUT2D eigenvalue weighted by Gasteiger charge is -2.50. The molecule has 1 saturated heterocycles. The van der Waals surface area contributed by atoms with Gasteiger partial charge in [0, 0.05) is 30.7 Å². The fourth-order valence-electron chi connectivity index (χ4n) is 3.41. The Morgan fingerprint density at radius 2 is 1.88 bits per heavy atom. The second-order valence-electron chi connectivity index (χ2n) is 6.18. The maximum atomic E-state index is 3.84. The minimum atomic E-state index is 0.384. The standard InChI is InChI=1S/C15H30N2/c1-5-14-10-16-15(6-2,7-3)11-17(14)12(4)13-8-9-13/h12-14,16H,5-11H2,1-4H3. The molecule has 17 heavy (non-hydrogen) atoms. The molecule has 0 radical (unpaired) electrons. The highest BCUT2D eigenvalue weighted by Gasteiger charge is 2.41. The van der Waals surface area contributed by atoms with Crippen molar-refractivity contribution in [2.24, 2.45) is 5.92 Å². The first-order valence-electron chi connectivity index (χ1n) is 7.66. The van der Waals surface area contributed by atoms with Crippen molar-refractivity contribution in [3.63, 3.8) is 0 Å². The van der Waals surface area contributed by atoms with Crippen LogP contribution in [-0.4, -0.2) is 35.6 Å². The molecule has 2 nitrogen and oxygen atoms in total. The van der Waals surface area contributed by atoms with Gasteiger partial charge in [0.05, 0.1) is 0 Å². The van der Waals surface area contributed by atoms with Crippen LogP contribution in [0.25, 0.3) is 0 Å². The molecule has 2 fully saturated rings. The maximum Gasteiger partial charge on any atom is 0.0304 e. The van der Waals surface area contributed by atoms with Crippen molar-refractivity contribution in [1.29, 1.82) is 0 Å². The summed E-state index contributed by atoms with van der Waals surface area (Å²) < 4.78 is 0. The first-order valence-corrected chi connectivity index (χ1v) is 7.66. The van der Waals surface area contributed by atoms with Crippen molar-refractivity contribution in [2.45, 2.75) is 77.4 Å². The average molecular weight is 238 g/mol. The highest BCUT2D eigenvalue weighted by molar-refractivity contribution is 5.00. The van der Waals surface area contributed by atoms with Gasteiger partial charge >= 0.3 is 0 Å². The fourth-order valence-corrected chi connectivity index (χ4v) is 3.41. The van der Waals surface area contributed by atoms with Crippen LogP contribution in [0.5, 0.6) is 0 Å². The molecule has 100 valence electrons. The van der Waals surface area contributed by atoms with Crippen molar-refractivity contribution in [3.05, 3.63) is 0 Å². The predicted molar refractivity (Wildman–Crippen MR) is 74.3 cm³/mol. The molecule has 0 bridgehead atoms. The minimum absolute atomic E-state index is 0.384. The smallest absolute Gasteiger partial charge is 0.0304 e. The minimum Gasteiger partial charge on any atom is -0.308 e. The van der Waals surface area contributed by atoms with Crippen LogP contribution in [0.1, 0.15) is 59.8 Å². The molecule has 1 N–H and O–H groups in total. The van der Waals surface area contributed by atoms with E-state index in [1.165, 1.54) is 45.2 Å². The molecule has 1 aliphatic heterocycles. The lowest BCUT2D eigenvalue weighted by atomic mass is 9.87. The molecule has 0 aromatic heterocycles. The summed E-state index contributed by atoms with van der Waals surface area (Å²) in [6, 6.07) is 1.57. The Kier molecular flexibility index (Phi) is 4.14. The topological polar surface area (TPSA) is 15.3 Å². The van der Waals surface area contributed by atoms with E-state index in [0.717, 1.165) is 18.0 Å². The van der Waals surface area contributed by atoms with Crippen LogP contribution in [0.2, 0.25) is 0 Å². The van der Waals surface area contributed by atoms with E-state index in [4.69, 9.17) is 0 Å². The third-order valence-corrected chi connectivity index (χ3v) is 5.32. The molecule has 0 spiro atoms. The van der Waals surface area contributed by atoms with E-state index in [0.29, 0.717) is 5.54 Å². The van der Waals surface area contributed by atoms with Crippen LogP contribution in [0, 0.1) is 5.92 Å². The Morgan fingerprint density at radius 1 is 1.24 bits per heavy atom. The summed E-state index contributed by atoms with van der Waals surface area (Å²) in [6.07, 6.45) is 6.73. The number of nitrogens with one attached hydrogen (secondary N) is 1. The summed E-state index contributed by atoms with van der Waals surface area (Å²) in [5.41, 5.74) is 0.384. The van der Waals surface area contributed by atoms with Crippen molar-refractivity contribution in [2.75, 3.05) is 13.1 Å². The lowest BCUT2D eigenvalue weighted by molar-refractivity contribution is 0.0333. The number of hydrogen-bond acceptors (Lipinski definition) is 2. The molecular formula is C15H30N2. The number of piperazine rings is 1. The van der Waals surface area contributed by atoms with Crippen LogP contribution in [-0.2, 0) is 0 Å². The molecule has 2 unspecified atom stereocenters. The predicted octanol–water partition coefficient (Wildman–Crippen LogP) is 3.03. The summed E-state index contributed by atoms with van der Waals surface area (Å²) in [6.45, 7) is 11.9. The van der Waals surface area contributed by atoms with Gasteiger partial charge in [0.25, 0.3) is 0 Å². The van der Waals surface area contributed by atoms with Crippen molar-refractivity contribution in [3.8, 4) is 0 Å². The van der Waals surface area contributed by atoms with Gasteiger partial charge in [0.2, 0.25) is 0 Å². The third-order valence-electron chi connectivity index (χ3n) is 5.32. The molecule has 1 aliphatic carbocycles. The molecule has 0 amide bonds. The van der Waals surface area contributed by atoms with Crippen molar-refractivity contribution >= 4 is 0 Å². The van der Waals surface area contributed by atoms with Gasteiger partial charge in [-0.3, -0.25) is 4.90 Å². The van der Waals surface area contributed by atoms with Gasteiger partial charge in [-0.25, -0.2) is 0 Å². The van der Waals surface area contributed by atoms with Gasteiger partial charge in [-0.15, -0.1) is 0 Å². The van der Waals surface area contributed by atoms with Gasteiger partial charge < -0.3 is 5.32 Å². The normalized spacial score (nSPS) is 31.4. The summed E-state index contributed by atoms with van der Waals surface area (Å²) in [4.78, 5) is 2.82. The molecule has 1 saturated carbocycles. The monoisotopic (exact) mass is 238 g/mol. The Labute approximate surface area is 107 Å². The Morgan fingerprint density at radius 3 is 2.35 bits per heavy atom. The van der Waals surface area contributed by atoms with Gasteiger partial charge in [-0.1, -0.05) is 20.8 Å². The van der Waals surface area contributed by atoms with E-state index in [-0.39, 0.29) is 0 Å². The van der Waals surface area contributed by atoms with Gasteiger partial charge in [-0.05, 0) is 44.9 Å². The molecule has 1 heterocycles. The van der Waals surface area contributed by atoms with E-state index in [2.05, 4.69) is 37.9 Å². The molecule has 2 atom stereocenters. The van der Waals surface area contributed by atoms with Crippen LogP contribution >= 0.6 is 0 Å². The van der Waals surface area contributed by atoms with E-state index in [1.54, 1.807) is 0 Å². The zero-order valence-electron chi connectivity index (χ0n) is 12.1. The van der Waals surface area contributed by atoms with Crippen LogP contribution < -0.4 is 5.32 Å². The Bertz CT molecular complexity index is 241. The molecular weight excluding hydrogens is 208 g/mol. The quantitative estimate of drug-likeness (QED) is 0.792. The molecule has 2 rings (SSSR count). The lowest BCUT2D eigenvalue weighted by Crippen LogP contribution is -2.65. The van der Waals surface area contributed by atoms with Gasteiger partial charge in [-0.2, -0.15) is 0 Å². The largest absolute Gasteiger partial charge is 0.308 e. The second-order valence-corrected chi connectivity index (χ2v) is 6.18. The van der Waals surface area contributed by atoms with Crippen molar-refractivity contribution in [1.82, 2.24) is 10.2 Å². The van der Waals surface area contributed by atoms with Crippen LogP contribution in [0.3, 0.4) is 0 Å². The summed E-state index contributed by atoms with van der Waals surface area (Å²) in [5.74, 6) is 0.994. The molecule has 0 aromatic carbocycles. The second kappa shape index (κ2) is 5.27. The zero-order valence-corrected chi connectivity index (χ0v) is 12.1. The average Bonchev–Trinajstić information content (AvgIpc) is 3.21. The highest BCUT2D eigenvalue weighted by Crippen LogP contribution is 2.38. The first-order chi connectivity index (χ1) is 8.15. The van der Waals surface area contributed by atoms with E-state index in [9.17, 15) is 0 Å². The van der Waals surface area contributed by atoms with E-state index in [1.807, 2.05) is 0 Å². The fraction of sp³-hybridized carbons (Fsp3) is 1.00. The van der Waals surface area contributed by atoms with E-state index >= 15 is 0 Å². The van der Waals surface area contributed by atoms with Crippen LogP contribution in [0.4, 0.5) is 0 Å². The summed E-state index contributed by atoms with van der Waals surface area (Å²) in [7, 11) is 0. The summed E-state index contributed by atoms with van der Waals surface area (Å²) in [5, 5.41) is 3.84. The molecule has 2 heteroatoms. The summed E-state index contributed by atoms with van der Waals surface area (Å²) >= 11 is 0. The molecule has 2 aliphatic rings. The Balaban J connectivity index is 2.07. The zero-order chi connectivity index (χ0) is 12.5. The molecule has 0 aromatic rings. The first kappa shape index (κ1) is 13.4. The highest BCUT2D eigenvalue weighted by atomic mass is 15.3. The Hall–Kier alpha value is -0.0800. The number of nitrogens with zero attached hydrogens (tertiary/aromatic N) is 1. The SMILES string of the molecule is CCC1CNC(CC)(CC)CN1C(C)C1CC1. The maximum absolute atomic E-state index is 3.84. The third kappa shape index (κ3) is 2.68. The van der Waals surface area contributed by atoms with Crippen molar-refractivity contribution < 1.29 is 0 Å².